The summed E-state index contributed by atoms with van der Waals surface area (Å²) < 4.78 is 1.90. The lowest BCUT2D eigenvalue weighted by Crippen LogP contribution is -1.94. The van der Waals surface area contributed by atoms with Gasteiger partial charge in [0.2, 0.25) is 0 Å². The Morgan fingerprint density at radius 1 is 0.913 bits per heavy atom. The lowest BCUT2D eigenvalue weighted by Gasteiger charge is -2.08. The maximum absolute atomic E-state index is 5.81. The molecule has 2 N–H and O–H groups in total. The molecular weight excluding hydrogens is 284 g/mol. The Bertz CT molecular complexity index is 987. The van der Waals surface area contributed by atoms with Crippen LogP contribution in [0.5, 0.6) is 0 Å². The zero-order chi connectivity index (χ0) is 15.8. The fourth-order valence-electron chi connectivity index (χ4n) is 2.89. The van der Waals surface area contributed by atoms with E-state index in [4.69, 9.17) is 5.73 Å². The summed E-state index contributed by atoms with van der Waals surface area (Å²) in [5, 5.41) is 5.52. The predicted octanol–water partition coefficient (Wildman–Crippen LogP) is 3.88. The van der Waals surface area contributed by atoms with E-state index in [0.717, 1.165) is 33.3 Å². The smallest absolute Gasteiger partial charge is 0.124 e. The van der Waals surface area contributed by atoms with E-state index in [2.05, 4.69) is 40.4 Å². The highest BCUT2D eigenvalue weighted by Gasteiger charge is 2.13. The van der Waals surface area contributed by atoms with Gasteiger partial charge < -0.3 is 5.73 Å². The first kappa shape index (κ1) is 13.5. The summed E-state index contributed by atoms with van der Waals surface area (Å²) in [6.45, 7) is 0. The molecule has 0 saturated heterocycles. The van der Waals surface area contributed by atoms with Crippen LogP contribution in [-0.4, -0.2) is 14.8 Å². The van der Waals surface area contributed by atoms with Crippen molar-refractivity contribution in [3.8, 4) is 22.4 Å². The molecule has 0 spiro atoms. The number of hydrogen-bond acceptors (Lipinski definition) is 3. The van der Waals surface area contributed by atoms with Crippen molar-refractivity contribution in [2.75, 3.05) is 5.73 Å². The molecule has 2 heterocycles. The number of fused-ring (bicyclic) bond motifs is 1. The van der Waals surface area contributed by atoms with Crippen molar-refractivity contribution in [1.82, 2.24) is 14.8 Å². The summed E-state index contributed by atoms with van der Waals surface area (Å²) in [6.07, 6.45) is 1.90. The van der Waals surface area contributed by atoms with Gasteiger partial charge in [-0.15, -0.1) is 0 Å². The Morgan fingerprint density at radius 3 is 2.52 bits per heavy atom. The number of aryl methyl sites for hydroxylation is 1. The van der Waals surface area contributed by atoms with E-state index in [1.54, 1.807) is 0 Å². The average Bonchev–Trinajstić information content (AvgIpc) is 2.96. The number of nitrogen functional groups attached to an aromatic ring is 1. The highest BCUT2D eigenvalue weighted by molar-refractivity contribution is 5.88. The quantitative estimate of drug-likeness (QED) is 0.611. The monoisotopic (exact) mass is 300 g/mol. The fraction of sp³-hybridized carbons (Fsp3) is 0.0526. The van der Waals surface area contributed by atoms with Gasteiger partial charge in [0.25, 0.3) is 0 Å². The molecule has 4 rings (SSSR count). The minimum atomic E-state index is 0.532. The van der Waals surface area contributed by atoms with Crippen LogP contribution in [0.1, 0.15) is 0 Å². The van der Waals surface area contributed by atoms with Crippen molar-refractivity contribution < 1.29 is 0 Å². The van der Waals surface area contributed by atoms with Crippen LogP contribution in [0.4, 0.5) is 5.82 Å². The molecule has 0 aliphatic heterocycles. The van der Waals surface area contributed by atoms with E-state index in [1.165, 1.54) is 0 Å². The maximum atomic E-state index is 5.81. The van der Waals surface area contributed by atoms with Gasteiger partial charge in [-0.1, -0.05) is 42.5 Å². The van der Waals surface area contributed by atoms with Gasteiger partial charge >= 0.3 is 0 Å². The maximum Gasteiger partial charge on any atom is 0.124 e. The molecule has 0 radical (unpaired) electrons. The molecule has 4 heteroatoms. The lowest BCUT2D eigenvalue weighted by atomic mass is 10.0. The minimum absolute atomic E-state index is 0.532. The van der Waals surface area contributed by atoms with E-state index in [0.29, 0.717) is 5.82 Å². The number of aromatic nitrogens is 3. The summed E-state index contributed by atoms with van der Waals surface area (Å²) in [4.78, 5) is 4.42. The van der Waals surface area contributed by atoms with Crippen LogP contribution in [0.15, 0.2) is 66.9 Å². The summed E-state index contributed by atoms with van der Waals surface area (Å²) in [5.74, 6) is 0.532. The van der Waals surface area contributed by atoms with Crippen molar-refractivity contribution in [3.63, 3.8) is 0 Å². The zero-order valence-electron chi connectivity index (χ0n) is 12.8. The SMILES string of the molecule is Cn1ncc(-c2ccc3ccc(N)nc3c2)c1-c1ccccc1. The second-order valence-corrected chi connectivity index (χ2v) is 5.54. The topological polar surface area (TPSA) is 56.7 Å². The number of nitrogens with two attached hydrogens (primary N) is 1. The molecule has 4 aromatic rings. The number of hydrogen-bond donors (Lipinski definition) is 1. The first-order chi connectivity index (χ1) is 11.2. The molecule has 0 aliphatic rings. The molecule has 0 unspecified atom stereocenters. The van der Waals surface area contributed by atoms with Crippen LogP contribution < -0.4 is 5.73 Å². The Morgan fingerprint density at radius 2 is 1.70 bits per heavy atom. The van der Waals surface area contributed by atoms with Crippen molar-refractivity contribution in [1.29, 1.82) is 0 Å². The predicted molar refractivity (Wildman–Crippen MR) is 93.8 cm³/mol. The van der Waals surface area contributed by atoms with Gasteiger partial charge in [0.1, 0.15) is 5.82 Å². The van der Waals surface area contributed by atoms with Crippen molar-refractivity contribution >= 4 is 16.7 Å². The average molecular weight is 300 g/mol. The summed E-state index contributed by atoms with van der Waals surface area (Å²) in [6, 6.07) is 20.3. The molecule has 2 aromatic carbocycles. The third-order valence-corrected chi connectivity index (χ3v) is 4.01. The summed E-state index contributed by atoms with van der Waals surface area (Å²) in [5.41, 5.74) is 11.1. The van der Waals surface area contributed by atoms with Crippen molar-refractivity contribution in [2.45, 2.75) is 0 Å². The largest absolute Gasteiger partial charge is 0.384 e. The van der Waals surface area contributed by atoms with E-state index >= 15 is 0 Å². The van der Waals surface area contributed by atoms with Crippen LogP contribution >= 0.6 is 0 Å². The Balaban J connectivity index is 1.92. The number of rotatable bonds is 2. The van der Waals surface area contributed by atoms with Gasteiger partial charge in [-0.3, -0.25) is 4.68 Å². The summed E-state index contributed by atoms with van der Waals surface area (Å²) in [7, 11) is 1.96. The third-order valence-electron chi connectivity index (χ3n) is 4.01. The molecule has 0 atom stereocenters. The number of benzene rings is 2. The normalized spacial score (nSPS) is 11.0. The van der Waals surface area contributed by atoms with Crippen LogP contribution in [-0.2, 0) is 7.05 Å². The van der Waals surface area contributed by atoms with E-state index in [9.17, 15) is 0 Å². The Kier molecular flexibility index (Phi) is 3.08. The van der Waals surface area contributed by atoms with Gasteiger partial charge in [-0.05, 0) is 23.8 Å². The van der Waals surface area contributed by atoms with Crippen LogP contribution in [0, 0.1) is 0 Å². The molecule has 2 aromatic heterocycles. The standard InChI is InChI=1S/C19H16N4/c1-23-19(14-5-3-2-4-6-14)16(12-21-23)15-8-7-13-9-10-18(20)22-17(13)11-15/h2-12H,1H3,(H2,20,22). The first-order valence-electron chi connectivity index (χ1n) is 7.46. The van der Waals surface area contributed by atoms with Crippen LogP contribution in [0.25, 0.3) is 33.3 Å². The number of nitrogens with zero attached hydrogens (tertiary/aromatic N) is 3. The minimum Gasteiger partial charge on any atom is -0.384 e. The van der Waals surface area contributed by atoms with Crippen molar-refractivity contribution in [3.05, 3.63) is 66.9 Å². The Hall–Kier alpha value is -3.14. The molecule has 23 heavy (non-hydrogen) atoms. The number of anilines is 1. The van der Waals surface area contributed by atoms with Gasteiger partial charge in [0, 0.05) is 23.6 Å². The molecule has 0 aliphatic carbocycles. The van der Waals surface area contributed by atoms with E-state index < -0.39 is 0 Å². The highest BCUT2D eigenvalue weighted by atomic mass is 15.3. The van der Waals surface area contributed by atoms with E-state index in [1.807, 2.05) is 48.3 Å². The molecule has 4 nitrogen and oxygen atoms in total. The van der Waals surface area contributed by atoms with Crippen LogP contribution in [0.3, 0.4) is 0 Å². The molecular formula is C19H16N4. The second kappa shape index (κ2) is 5.25. The molecule has 0 fully saturated rings. The lowest BCUT2D eigenvalue weighted by molar-refractivity contribution is 0.776. The molecule has 0 saturated carbocycles. The highest BCUT2D eigenvalue weighted by Crippen LogP contribution is 2.32. The molecule has 0 bridgehead atoms. The zero-order valence-corrected chi connectivity index (χ0v) is 12.8. The Labute approximate surface area is 134 Å². The van der Waals surface area contributed by atoms with Crippen LogP contribution in [0.2, 0.25) is 0 Å². The van der Waals surface area contributed by atoms with Gasteiger partial charge in [-0.25, -0.2) is 4.98 Å². The third kappa shape index (κ3) is 2.34. The summed E-state index contributed by atoms with van der Waals surface area (Å²) >= 11 is 0. The van der Waals surface area contributed by atoms with Gasteiger partial charge in [-0.2, -0.15) is 5.10 Å². The van der Waals surface area contributed by atoms with E-state index in [-0.39, 0.29) is 0 Å². The van der Waals surface area contributed by atoms with Gasteiger partial charge in [0.15, 0.2) is 0 Å². The second-order valence-electron chi connectivity index (χ2n) is 5.54. The van der Waals surface area contributed by atoms with Crippen molar-refractivity contribution in [2.24, 2.45) is 7.05 Å². The molecule has 112 valence electrons. The first-order valence-corrected chi connectivity index (χ1v) is 7.46. The number of pyridine rings is 1. The van der Waals surface area contributed by atoms with Gasteiger partial charge in [0.05, 0.1) is 17.4 Å². The fourth-order valence-corrected chi connectivity index (χ4v) is 2.89. The molecule has 0 amide bonds.